The van der Waals surface area contributed by atoms with Crippen LogP contribution in [0, 0.1) is 0 Å². The first-order chi connectivity index (χ1) is 12.8. The average molecular weight is 387 g/mol. The van der Waals surface area contributed by atoms with Crippen molar-refractivity contribution in [3.8, 4) is 0 Å². The van der Waals surface area contributed by atoms with E-state index < -0.39 is 21.5 Å². The molecule has 0 spiro atoms. The van der Waals surface area contributed by atoms with E-state index in [9.17, 15) is 18.0 Å². The predicted octanol–water partition coefficient (Wildman–Crippen LogP) is 1.01. The second-order valence-electron chi connectivity index (χ2n) is 6.40. The zero-order chi connectivity index (χ0) is 19.6. The number of rotatable bonds is 6. The molecule has 0 aliphatic carbocycles. The summed E-state index contributed by atoms with van der Waals surface area (Å²) in [6.07, 6.45) is 0.630. The van der Waals surface area contributed by atoms with E-state index in [1.807, 2.05) is 30.3 Å². The van der Waals surface area contributed by atoms with E-state index in [2.05, 4.69) is 5.32 Å². The Morgan fingerprint density at radius 3 is 2.37 bits per heavy atom. The topological polar surface area (TPSA) is 90.2 Å². The van der Waals surface area contributed by atoms with Crippen LogP contribution < -0.4 is 11.0 Å². The lowest BCUT2D eigenvalue weighted by atomic mass is 10.1. The van der Waals surface area contributed by atoms with E-state index >= 15 is 0 Å². The maximum Gasteiger partial charge on any atom is 0.328 e. The van der Waals surface area contributed by atoms with E-state index in [-0.39, 0.29) is 10.6 Å². The fourth-order valence-electron chi connectivity index (χ4n) is 2.98. The Hall–Kier alpha value is -2.87. The number of nitrogens with zero attached hydrogens (tertiary/aromatic N) is 2. The molecule has 1 N–H and O–H groups in total. The number of benzene rings is 2. The number of nitrogens with one attached hydrogen (secondary N) is 1. The van der Waals surface area contributed by atoms with Crippen LogP contribution in [0.1, 0.15) is 5.56 Å². The van der Waals surface area contributed by atoms with Crippen molar-refractivity contribution < 1.29 is 13.2 Å². The quantitative estimate of drug-likeness (QED) is 0.684. The smallest absolute Gasteiger partial charge is 0.328 e. The van der Waals surface area contributed by atoms with Crippen molar-refractivity contribution in [1.82, 2.24) is 14.5 Å². The molecule has 0 saturated carbocycles. The minimum atomic E-state index is -3.80. The highest BCUT2D eigenvalue weighted by Crippen LogP contribution is 2.18. The highest BCUT2D eigenvalue weighted by atomic mass is 32.2. The van der Waals surface area contributed by atoms with Gasteiger partial charge in [-0.1, -0.05) is 30.3 Å². The molecular weight excluding hydrogens is 366 g/mol. The summed E-state index contributed by atoms with van der Waals surface area (Å²) < 4.78 is 28.0. The van der Waals surface area contributed by atoms with Crippen LogP contribution in [0.15, 0.2) is 58.2 Å². The van der Waals surface area contributed by atoms with Crippen LogP contribution in [0.2, 0.25) is 0 Å². The Balaban J connectivity index is 1.70. The van der Waals surface area contributed by atoms with Crippen molar-refractivity contribution in [3.05, 3.63) is 64.6 Å². The summed E-state index contributed by atoms with van der Waals surface area (Å²) in [5.41, 5.74) is 1.97. The summed E-state index contributed by atoms with van der Waals surface area (Å²) in [6.45, 7) is 0.366. The highest BCUT2D eigenvalue weighted by Gasteiger charge is 2.21. The number of hydrogen-bond acceptors (Lipinski definition) is 4. The Bertz CT molecular complexity index is 1140. The molecule has 1 amide bonds. The summed E-state index contributed by atoms with van der Waals surface area (Å²) >= 11 is 0. The molecule has 142 valence electrons. The standard InChI is InChI=1S/C19H21N3O4S/c1-21-16-9-8-15(12-17(16)22(2)19(21)24)27(25,26)13-18(23)20-11-10-14-6-4-3-5-7-14/h3-9,12H,10-11,13H2,1-2H3,(H,20,23). The number of sulfone groups is 1. The molecule has 1 heterocycles. The molecule has 0 unspecified atom stereocenters. The van der Waals surface area contributed by atoms with Gasteiger partial charge in [0.05, 0.1) is 15.9 Å². The van der Waals surface area contributed by atoms with Crippen LogP contribution in [0.3, 0.4) is 0 Å². The molecule has 3 rings (SSSR count). The fraction of sp³-hybridized carbons (Fsp3) is 0.263. The average Bonchev–Trinajstić information content (AvgIpc) is 2.86. The molecule has 0 aliphatic rings. The first kappa shape index (κ1) is 18.9. The van der Waals surface area contributed by atoms with Gasteiger partial charge in [0.25, 0.3) is 0 Å². The second-order valence-corrected chi connectivity index (χ2v) is 8.39. The summed E-state index contributed by atoms with van der Waals surface area (Å²) in [5, 5.41) is 2.64. The van der Waals surface area contributed by atoms with Gasteiger partial charge >= 0.3 is 5.69 Å². The number of carbonyl (C=O) groups is 1. The minimum Gasteiger partial charge on any atom is -0.355 e. The van der Waals surface area contributed by atoms with Crippen molar-refractivity contribution in [2.24, 2.45) is 14.1 Å². The molecular formula is C19H21N3O4S. The molecule has 1 aromatic heterocycles. The second kappa shape index (κ2) is 7.40. The number of amides is 1. The van der Waals surface area contributed by atoms with Gasteiger partial charge in [-0.2, -0.15) is 0 Å². The molecule has 2 aromatic carbocycles. The summed E-state index contributed by atoms with van der Waals surface area (Å²) in [4.78, 5) is 24.1. The van der Waals surface area contributed by atoms with Gasteiger partial charge in [-0.25, -0.2) is 13.2 Å². The molecule has 0 aliphatic heterocycles. The fourth-order valence-corrected chi connectivity index (χ4v) is 4.16. The van der Waals surface area contributed by atoms with Gasteiger partial charge in [0.1, 0.15) is 5.75 Å². The normalized spacial score (nSPS) is 11.6. The van der Waals surface area contributed by atoms with Crippen LogP contribution in [-0.2, 0) is 35.1 Å². The van der Waals surface area contributed by atoms with Crippen LogP contribution in [0.25, 0.3) is 11.0 Å². The number of aryl methyl sites for hydroxylation is 2. The lowest BCUT2D eigenvalue weighted by Crippen LogP contribution is -2.31. The van der Waals surface area contributed by atoms with E-state index in [0.29, 0.717) is 24.0 Å². The van der Waals surface area contributed by atoms with Crippen molar-refractivity contribution in [2.75, 3.05) is 12.3 Å². The number of carbonyl (C=O) groups excluding carboxylic acids is 1. The highest BCUT2D eigenvalue weighted by molar-refractivity contribution is 7.92. The summed E-state index contributed by atoms with van der Waals surface area (Å²) in [7, 11) is -0.598. The summed E-state index contributed by atoms with van der Waals surface area (Å²) in [6, 6.07) is 14.1. The third kappa shape index (κ3) is 3.95. The zero-order valence-corrected chi connectivity index (χ0v) is 16.0. The lowest BCUT2D eigenvalue weighted by Gasteiger charge is -2.07. The number of aromatic nitrogens is 2. The minimum absolute atomic E-state index is 0.0226. The van der Waals surface area contributed by atoms with Gasteiger partial charge < -0.3 is 5.32 Å². The third-order valence-corrected chi connectivity index (χ3v) is 6.12. The van der Waals surface area contributed by atoms with Gasteiger partial charge in [-0.05, 0) is 30.2 Å². The Labute approximate surface area is 157 Å². The van der Waals surface area contributed by atoms with Crippen molar-refractivity contribution in [2.45, 2.75) is 11.3 Å². The molecule has 7 nitrogen and oxygen atoms in total. The van der Waals surface area contributed by atoms with Gasteiger partial charge in [0, 0.05) is 20.6 Å². The molecule has 27 heavy (non-hydrogen) atoms. The van der Waals surface area contributed by atoms with Crippen LogP contribution in [0.5, 0.6) is 0 Å². The van der Waals surface area contributed by atoms with Gasteiger partial charge in [0.15, 0.2) is 9.84 Å². The van der Waals surface area contributed by atoms with Gasteiger partial charge in [-0.3, -0.25) is 13.9 Å². The number of fused-ring (bicyclic) bond motifs is 1. The monoisotopic (exact) mass is 387 g/mol. The molecule has 0 bridgehead atoms. The molecule has 0 saturated heterocycles. The largest absolute Gasteiger partial charge is 0.355 e. The van der Waals surface area contributed by atoms with Crippen LogP contribution in [0.4, 0.5) is 0 Å². The van der Waals surface area contributed by atoms with Gasteiger partial charge in [0.2, 0.25) is 5.91 Å². The first-order valence-corrected chi connectivity index (χ1v) is 10.1. The van der Waals surface area contributed by atoms with Crippen molar-refractivity contribution in [1.29, 1.82) is 0 Å². The molecule has 0 radical (unpaired) electrons. The molecule has 8 heteroatoms. The number of imidazole rings is 1. The third-order valence-electron chi connectivity index (χ3n) is 4.50. The maximum absolute atomic E-state index is 12.6. The Morgan fingerprint density at radius 1 is 1.00 bits per heavy atom. The zero-order valence-electron chi connectivity index (χ0n) is 15.2. The molecule has 0 fully saturated rings. The van der Waals surface area contributed by atoms with E-state index in [1.54, 1.807) is 20.2 Å². The molecule has 0 atom stereocenters. The first-order valence-electron chi connectivity index (χ1n) is 8.48. The van der Waals surface area contributed by atoms with Gasteiger partial charge in [-0.15, -0.1) is 0 Å². The number of hydrogen-bond donors (Lipinski definition) is 1. The predicted molar refractivity (Wildman–Crippen MR) is 103 cm³/mol. The van der Waals surface area contributed by atoms with E-state index in [1.165, 1.54) is 21.3 Å². The van der Waals surface area contributed by atoms with Crippen molar-refractivity contribution >= 4 is 26.8 Å². The van der Waals surface area contributed by atoms with Crippen LogP contribution in [-0.4, -0.2) is 35.8 Å². The van der Waals surface area contributed by atoms with Crippen molar-refractivity contribution in [3.63, 3.8) is 0 Å². The molecule has 3 aromatic rings. The Morgan fingerprint density at radius 2 is 1.67 bits per heavy atom. The van der Waals surface area contributed by atoms with E-state index in [4.69, 9.17) is 0 Å². The van der Waals surface area contributed by atoms with E-state index in [0.717, 1.165) is 5.56 Å². The summed E-state index contributed by atoms with van der Waals surface area (Å²) in [5.74, 6) is -1.18. The van der Waals surface area contributed by atoms with Crippen LogP contribution >= 0.6 is 0 Å². The Kier molecular flexibility index (Phi) is 5.18. The SMILES string of the molecule is Cn1c(=O)n(C)c2cc(S(=O)(=O)CC(=O)NCCc3ccccc3)ccc21. The lowest BCUT2D eigenvalue weighted by molar-refractivity contribution is -0.118. The maximum atomic E-state index is 12.6.